The summed E-state index contributed by atoms with van der Waals surface area (Å²) in [5.41, 5.74) is 3.12. The maximum Gasteiger partial charge on any atom is 0.245 e. The molecule has 1 amide bonds. The Morgan fingerprint density at radius 2 is 2.25 bits per heavy atom. The lowest BCUT2D eigenvalue weighted by Gasteiger charge is -2.27. The molecule has 0 radical (unpaired) electrons. The molecule has 2 aromatic heterocycles. The van der Waals surface area contributed by atoms with Crippen LogP contribution in [0, 0.1) is 0 Å². The van der Waals surface area contributed by atoms with Crippen LogP contribution in [0.15, 0.2) is 18.7 Å². The number of amides is 1. The minimum Gasteiger partial charge on any atom is -0.348 e. The molecule has 1 aliphatic rings. The molecule has 0 spiro atoms. The second-order valence-electron chi connectivity index (χ2n) is 5.79. The van der Waals surface area contributed by atoms with Crippen molar-refractivity contribution in [2.45, 2.75) is 25.3 Å². The third-order valence-corrected chi connectivity index (χ3v) is 4.09. The molecule has 2 aromatic rings. The highest BCUT2D eigenvalue weighted by atomic mass is 35.5. The number of aryl methyl sites for hydroxylation is 2. The van der Waals surface area contributed by atoms with E-state index in [1.807, 2.05) is 26.5 Å². The highest BCUT2D eigenvalue weighted by Crippen LogP contribution is 2.21. The van der Waals surface area contributed by atoms with E-state index in [1.54, 1.807) is 15.9 Å². The zero-order valence-corrected chi connectivity index (χ0v) is 15.5. The van der Waals surface area contributed by atoms with Gasteiger partial charge < -0.3 is 15.2 Å². The van der Waals surface area contributed by atoms with E-state index in [9.17, 15) is 4.79 Å². The molecule has 1 unspecified atom stereocenters. The van der Waals surface area contributed by atoms with E-state index in [0.717, 1.165) is 43.7 Å². The van der Waals surface area contributed by atoms with Crippen molar-refractivity contribution in [3.63, 3.8) is 0 Å². The number of hydrogen-bond acceptors (Lipinski definition) is 4. The molecular weight excluding hydrogens is 351 g/mol. The summed E-state index contributed by atoms with van der Waals surface area (Å²) in [6.07, 6.45) is 8.30. The number of carbonyl (C=O) groups excluding carboxylic acids is 1. The van der Waals surface area contributed by atoms with Gasteiger partial charge in [-0.3, -0.25) is 9.48 Å². The van der Waals surface area contributed by atoms with Crippen molar-refractivity contribution in [2.75, 3.05) is 20.1 Å². The Bertz CT molecular complexity index is 656. The van der Waals surface area contributed by atoms with Gasteiger partial charge in [0.2, 0.25) is 5.91 Å². The van der Waals surface area contributed by atoms with Crippen LogP contribution in [0.1, 0.15) is 29.4 Å². The van der Waals surface area contributed by atoms with Crippen LogP contribution in [0.5, 0.6) is 0 Å². The van der Waals surface area contributed by atoms with Crippen molar-refractivity contribution in [2.24, 2.45) is 7.05 Å². The van der Waals surface area contributed by atoms with Gasteiger partial charge in [0.05, 0.1) is 18.2 Å². The van der Waals surface area contributed by atoms with Crippen molar-refractivity contribution < 1.29 is 4.79 Å². The Kier molecular flexibility index (Phi) is 7.72. The number of nitrogens with one attached hydrogen (secondary N) is 2. The van der Waals surface area contributed by atoms with E-state index < -0.39 is 0 Å². The molecule has 0 aromatic carbocycles. The Hall–Kier alpha value is -1.57. The number of fused-ring (bicyclic) bond motifs is 1. The lowest BCUT2D eigenvalue weighted by atomic mass is 10.0. The zero-order chi connectivity index (χ0) is 15.5. The second kappa shape index (κ2) is 9.05. The third-order valence-electron chi connectivity index (χ3n) is 4.09. The zero-order valence-electron chi connectivity index (χ0n) is 13.9. The fourth-order valence-corrected chi connectivity index (χ4v) is 2.87. The van der Waals surface area contributed by atoms with Crippen LogP contribution in [-0.4, -0.2) is 50.7 Å². The van der Waals surface area contributed by atoms with E-state index in [1.165, 1.54) is 5.56 Å². The van der Waals surface area contributed by atoms with Gasteiger partial charge in [-0.25, -0.2) is 4.98 Å². The van der Waals surface area contributed by atoms with Gasteiger partial charge in [0.15, 0.2) is 0 Å². The Labute approximate surface area is 154 Å². The molecule has 134 valence electrons. The molecule has 0 aliphatic carbocycles. The molecular formula is C15H24Cl2N6O. The highest BCUT2D eigenvalue weighted by Gasteiger charge is 2.30. The van der Waals surface area contributed by atoms with Gasteiger partial charge in [0.25, 0.3) is 0 Å². The molecule has 1 aliphatic heterocycles. The minimum absolute atomic E-state index is 0. The molecule has 0 bridgehead atoms. The van der Waals surface area contributed by atoms with E-state index >= 15 is 0 Å². The molecule has 3 rings (SSSR count). The lowest BCUT2D eigenvalue weighted by Crippen LogP contribution is -2.42. The normalized spacial score (nSPS) is 15.8. The number of aromatic nitrogens is 4. The maximum absolute atomic E-state index is 12.6. The third kappa shape index (κ3) is 4.49. The van der Waals surface area contributed by atoms with Crippen molar-refractivity contribution in [1.82, 2.24) is 30.0 Å². The van der Waals surface area contributed by atoms with Gasteiger partial charge in [-0.2, -0.15) is 5.10 Å². The summed E-state index contributed by atoms with van der Waals surface area (Å²) in [7, 11) is 3.77. The summed E-state index contributed by atoms with van der Waals surface area (Å²) >= 11 is 0. The second-order valence-corrected chi connectivity index (χ2v) is 5.79. The average Bonchev–Trinajstić information content (AvgIpc) is 3.14. The summed E-state index contributed by atoms with van der Waals surface area (Å²) in [6.45, 7) is 1.53. The molecule has 1 atom stereocenters. The van der Waals surface area contributed by atoms with Crippen molar-refractivity contribution >= 4 is 30.7 Å². The molecule has 7 nitrogen and oxygen atoms in total. The first-order valence-corrected chi connectivity index (χ1v) is 7.63. The predicted octanol–water partition coefficient (Wildman–Crippen LogP) is 1.26. The molecule has 2 N–H and O–H groups in total. The van der Waals surface area contributed by atoms with Gasteiger partial charge in [-0.15, -0.1) is 24.8 Å². The topological polar surface area (TPSA) is 78.8 Å². The molecule has 3 heterocycles. The lowest BCUT2D eigenvalue weighted by molar-refractivity contribution is -0.132. The minimum atomic E-state index is -0.321. The number of aromatic amines is 1. The van der Waals surface area contributed by atoms with Gasteiger partial charge in [0.1, 0.15) is 6.04 Å². The number of H-pyrrole nitrogens is 1. The van der Waals surface area contributed by atoms with E-state index in [-0.39, 0.29) is 36.8 Å². The van der Waals surface area contributed by atoms with Crippen LogP contribution in [0.4, 0.5) is 0 Å². The quantitative estimate of drug-likeness (QED) is 0.825. The van der Waals surface area contributed by atoms with Gasteiger partial charge >= 0.3 is 0 Å². The Morgan fingerprint density at radius 3 is 2.96 bits per heavy atom. The number of hydrogen-bond donors (Lipinski definition) is 2. The van der Waals surface area contributed by atoms with Gasteiger partial charge in [0, 0.05) is 45.5 Å². The molecule has 0 saturated carbocycles. The van der Waals surface area contributed by atoms with Crippen LogP contribution in [0.3, 0.4) is 0 Å². The summed E-state index contributed by atoms with van der Waals surface area (Å²) in [5.74, 6) is 0.0826. The number of rotatable bonds is 5. The first kappa shape index (κ1) is 20.5. The smallest absolute Gasteiger partial charge is 0.245 e. The van der Waals surface area contributed by atoms with Crippen LogP contribution in [0.25, 0.3) is 0 Å². The SMILES string of the molecule is CN(CCCc1cnn(C)c1)C(=O)C1NCCc2[nH]cnc21.Cl.Cl. The fourth-order valence-electron chi connectivity index (χ4n) is 2.87. The largest absolute Gasteiger partial charge is 0.348 e. The van der Waals surface area contributed by atoms with E-state index in [2.05, 4.69) is 20.4 Å². The number of nitrogens with zero attached hydrogens (tertiary/aromatic N) is 4. The summed E-state index contributed by atoms with van der Waals surface area (Å²) < 4.78 is 1.80. The van der Waals surface area contributed by atoms with Crippen molar-refractivity contribution in [3.8, 4) is 0 Å². The molecule has 0 fully saturated rings. The number of halogens is 2. The average molecular weight is 375 g/mol. The molecule has 0 saturated heterocycles. The summed E-state index contributed by atoms with van der Waals surface area (Å²) in [4.78, 5) is 21.8. The fraction of sp³-hybridized carbons (Fsp3) is 0.533. The summed E-state index contributed by atoms with van der Waals surface area (Å²) in [5, 5.41) is 7.42. The van der Waals surface area contributed by atoms with Gasteiger partial charge in [-0.05, 0) is 18.4 Å². The number of likely N-dealkylation sites (N-methyl/N-ethyl adjacent to an activating group) is 1. The Morgan fingerprint density at radius 1 is 1.46 bits per heavy atom. The Balaban J connectivity index is 0.00000144. The predicted molar refractivity (Wildman–Crippen MR) is 96.7 cm³/mol. The monoisotopic (exact) mass is 374 g/mol. The van der Waals surface area contributed by atoms with Crippen molar-refractivity contribution in [3.05, 3.63) is 35.7 Å². The van der Waals surface area contributed by atoms with Crippen LogP contribution in [-0.2, 0) is 24.7 Å². The van der Waals surface area contributed by atoms with Crippen LogP contribution < -0.4 is 5.32 Å². The van der Waals surface area contributed by atoms with Crippen LogP contribution in [0.2, 0.25) is 0 Å². The number of carbonyl (C=O) groups is 1. The van der Waals surface area contributed by atoms with Crippen LogP contribution >= 0.6 is 24.8 Å². The van der Waals surface area contributed by atoms with Gasteiger partial charge in [-0.1, -0.05) is 0 Å². The summed E-state index contributed by atoms with van der Waals surface area (Å²) in [6, 6.07) is -0.321. The standard InChI is InChI=1S/C15H22N6O.2ClH/c1-20(7-3-4-11-8-19-21(2)9-11)15(22)14-13-12(5-6-16-14)17-10-18-13;;/h8-10,14,16H,3-7H2,1-2H3,(H,17,18);2*1H. The molecule has 9 heteroatoms. The molecule has 24 heavy (non-hydrogen) atoms. The van der Waals surface area contributed by atoms with E-state index in [0.29, 0.717) is 0 Å². The first-order chi connectivity index (χ1) is 10.6. The highest BCUT2D eigenvalue weighted by molar-refractivity contribution is 5.85. The number of imidazole rings is 1. The first-order valence-electron chi connectivity index (χ1n) is 7.63. The van der Waals surface area contributed by atoms with Crippen molar-refractivity contribution in [1.29, 1.82) is 0 Å². The maximum atomic E-state index is 12.6. The van der Waals surface area contributed by atoms with E-state index in [4.69, 9.17) is 0 Å².